The lowest BCUT2D eigenvalue weighted by Crippen LogP contribution is -2.50. The average molecular weight is 366 g/mol. The van der Waals surface area contributed by atoms with Crippen molar-refractivity contribution in [3.63, 3.8) is 0 Å². The number of hydrogen-bond acceptors (Lipinski definition) is 4. The quantitative estimate of drug-likeness (QED) is 0.835. The number of methoxy groups -OCH3 is 1. The van der Waals surface area contributed by atoms with Gasteiger partial charge in [-0.15, -0.1) is 0 Å². The Morgan fingerprint density at radius 2 is 2.26 bits per heavy atom. The van der Waals surface area contributed by atoms with Crippen LogP contribution in [0.15, 0.2) is 36.7 Å². The predicted octanol–water partition coefficient (Wildman–Crippen LogP) is 2.85. The molecule has 0 N–H and O–H groups in total. The van der Waals surface area contributed by atoms with Crippen molar-refractivity contribution in [3.8, 4) is 5.75 Å². The topological polar surface area (TPSA) is 50.6 Å². The molecular formula is C21H26N4O2. The van der Waals surface area contributed by atoms with Crippen molar-refractivity contribution in [1.82, 2.24) is 14.5 Å². The van der Waals surface area contributed by atoms with Gasteiger partial charge in [0.25, 0.3) is 0 Å². The summed E-state index contributed by atoms with van der Waals surface area (Å²) < 4.78 is 7.58. The molecule has 142 valence electrons. The van der Waals surface area contributed by atoms with Gasteiger partial charge in [-0.05, 0) is 38.3 Å². The second-order valence-corrected chi connectivity index (χ2v) is 7.86. The summed E-state index contributed by atoms with van der Waals surface area (Å²) in [6.45, 7) is 4.83. The molecule has 1 aromatic heterocycles. The molecule has 0 bridgehead atoms. The normalized spacial score (nSPS) is 30.0. The van der Waals surface area contributed by atoms with Crippen LogP contribution in [0.2, 0.25) is 0 Å². The number of rotatable bonds is 4. The number of aryl methyl sites for hydroxylation is 1. The molecule has 27 heavy (non-hydrogen) atoms. The fraction of sp³-hybridized carbons (Fsp3) is 0.524. The third kappa shape index (κ3) is 2.22. The molecule has 0 saturated carbocycles. The van der Waals surface area contributed by atoms with Crippen LogP contribution in [-0.4, -0.2) is 46.1 Å². The number of anilines is 1. The Kier molecular flexibility index (Phi) is 3.79. The number of aromatic nitrogens is 2. The summed E-state index contributed by atoms with van der Waals surface area (Å²) in [5, 5.41) is 0. The Labute approximate surface area is 159 Å². The summed E-state index contributed by atoms with van der Waals surface area (Å²) in [6, 6.07) is 8.12. The van der Waals surface area contributed by atoms with Crippen molar-refractivity contribution < 1.29 is 9.53 Å². The highest BCUT2D eigenvalue weighted by molar-refractivity contribution is 6.03. The highest BCUT2D eigenvalue weighted by atomic mass is 16.5. The number of imidazole rings is 1. The van der Waals surface area contributed by atoms with E-state index in [1.807, 2.05) is 35.4 Å². The molecule has 5 rings (SSSR count). The lowest BCUT2D eigenvalue weighted by atomic mass is 9.85. The minimum atomic E-state index is -0.349. The smallest absolute Gasteiger partial charge is 0.247 e. The molecule has 4 heterocycles. The first-order chi connectivity index (χ1) is 13.2. The molecule has 3 atom stereocenters. The lowest BCUT2D eigenvalue weighted by Gasteiger charge is -2.33. The molecule has 3 fully saturated rings. The van der Waals surface area contributed by atoms with Crippen LogP contribution in [0.1, 0.15) is 38.1 Å². The van der Waals surface area contributed by atoms with Gasteiger partial charge in [0.2, 0.25) is 5.91 Å². The SMILES string of the molecule is CCn1ccnc1[C@@H]1C[C@H]2CN(c3cccc(OC)c3)C(=O)[C@]23CCCN13. The van der Waals surface area contributed by atoms with Gasteiger partial charge in [-0.3, -0.25) is 9.69 Å². The maximum Gasteiger partial charge on any atom is 0.247 e. The second kappa shape index (κ2) is 6.09. The van der Waals surface area contributed by atoms with Gasteiger partial charge in [-0.1, -0.05) is 6.07 Å². The van der Waals surface area contributed by atoms with Crippen molar-refractivity contribution in [2.24, 2.45) is 5.92 Å². The minimum absolute atomic E-state index is 0.254. The zero-order chi connectivity index (χ0) is 18.6. The number of hydrogen-bond donors (Lipinski definition) is 0. The molecular weight excluding hydrogens is 340 g/mol. The fourth-order valence-electron chi connectivity index (χ4n) is 5.62. The van der Waals surface area contributed by atoms with Crippen LogP contribution in [0.25, 0.3) is 0 Å². The largest absolute Gasteiger partial charge is 0.497 e. The molecule has 2 aromatic rings. The third-order valence-corrected chi connectivity index (χ3v) is 6.80. The zero-order valence-electron chi connectivity index (χ0n) is 16.0. The van der Waals surface area contributed by atoms with Crippen LogP contribution in [0.3, 0.4) is 0 Å². The predicted molar refractivity (Wildman–Crippen MR) is 103 cm³/mol. The molecule has 3 aliphatic heterocycles. The van der Waals surface area contributed by atoms with E-state index in [0.29, 0.717) is 5.92 Å². The lowest BCUT2D eigenvalue weighted by molar-refractivity contribution is -0.126. The van der Waals surface area contributed by atoms with Crippen LogP contribution in [0.4, 0.5) is 5.69 Å². The standard InChI is InChI=1S/C21H26N4O2/c1-3-23-11-9-22-19(23)18-12-15-14-24(16-6-4-7-17(13-16)27-2)20(26)21(15)8-5-10-25(18)21/h4,6-7,9,11,13,15,18H,3,5,8,10,12,14H2,1-2H3/t15-,18-,21-/m0/s1. The monoisotopic (exact) mass is 366 g/mol. The molecule has 6 heteroatoms. The maximum absolute atomic E-state index is 13.7. The van der Waals surface area contributed by atoms with Crippen molar-refractivity contribution in [2.45, 2.75) is 44.3 Å². The molecule has 3 saturated heterocycles. The van der Waals surface area contributed by atoms with Gasteiger partial charge >= 0.3 is 0 Å². The fourth-order valence-corrected chi connectivity index (χ4v) is 5.62. The Morgan fingerprint density at radius 1 is 1.37 bits per heavy atom. The molecule has 0 unspecified atom stereocenters. The van der Waals surface area contributed by atoms with Gasteiger partial charge in [-0.2, -0.15) is 0 Å². The van der Waals surface area contributed by atoms with Crippen LogP contribution in [0.5, 0.6) is 5.75 Å². The number of ether oxygens (including phenoxy) is 1. The number of nitrogens with zero attached hydrogens (tertiary/aromatic N) is 4. The van der Waals surface area contributed by atoms with E-state index >= 15 is 0 Å². The highest BCUT2D eigenvalue weighted by Gasteiger charge is 2.65. The van der Waals surface area contributed by atoms with E-state index in [-0.39, 0.29) is 17.5 Å². The van der Waals surface area contributed by atoms with Crippen molar-refractivity contribution in [1.29, 1.82) is 0 Å². The molecule has 0 aliphatic carbocycles. The Bertz CT molecular complexity index is 879. The van der Waals surface area contributed by atoms with Gasteiger partial charge in [0.15, 0.2) is 0 Å². The summed E-state index contributed by atoms with van der Waals surface area (Å²) in [7, 11) is 1.66. The zero-order valence-corrected chi connectivity index (χ0v) is 16.0. The van der Waals surface area contributed by atoms with E-state index in [2.05, 4.69) is 27.6 Å². The van der Waals surface area contributed by atoms with Crippen LogP contribution in [-0.2, 0) is 11.3 Å². The molecule has 1 aromatic carbocycles. The second-order valence-electron chi connectivity index (χ2n) is 7.86. The first-order valence-electron chi connectivity index (χ1n) is 9.93. The highest BCUT2D eigenvalue weighted by Crippen LogP contribution is 2.56. The molecule has 0 radical (unpaired) electrons. The molecule has 1 spiro atoms. The minimum Gasteiger partial charge on any atom is -0.497 e. The van der Waals surface area contributed by atoms with Crippen molar-refractivity contribution >= 4 is 11.6 Å². The number of benzene rings is 1. The summed E-state index contributed by atoms with van der Waals surface area (Å²) in [4.78, 5) is 22.8. The first kappa shape index (κ1) is 16.8. The van der Waals surface area contributed by atoms with Gasteiger partial charge < -0.3 is 14.2 Å². The van der Waals surface area contributed by atoms with E-state index in [1.54, 1.807) is 7.11 Å². The van der Waals surface area contributed by atoms with Gasteiger partial charge in [0.05, 0.1) is 13.2 Å². The third-order valence-electron chi connectivity index (χ3n) is 6.80. The first-order valence-corrected chi connectivity index (χ1v) is 9.93. The van der Waals surface area contributed by atoms with Crippen molar-refractivity contribution in [2.75, 3.05) is 25.1 Å². The van der Waals surface area contributed by atoms with Crippen LogP contribution < -0.4 is 9.64 Å². The summed E-state index contributed by atoms with van der Waals surface area (Å²) >= 11 is 0. The van der Waals surface area contributed by atoms with Crippen LogP contribution in [0, 0.1) is 5.92 Å². The molecule has 1 amide bonds. The van der Waals surface area contributed by atoms with Gasteiger partial charge in [-0.25, -0.2) is 4.98 Å². The average Bonchev–Trinajstić information content (AvgIpc) is 3.44. The van der Waals surface area contributed by atoms with Crippen LogP contribution >= 0.6 is 0 Å². The number of amides is 1. The van der Waals surface area contributed by atoms with E-state index < -0.39 is 0 Å². The molecule has 6 nitrogen and oxygen atoms in total. The van der Waals surface area contributed by atoms with E-state index in [4.69, 9.17) is 4.74 Å². The van der Waals surface area contributed by atoms with Gasteiger partial charge in [0.1, 0.15) is 17.1 Å². The number of carbonyl (C=O) groups excluding carboxylic acids is 1. The Balaban J connectivity index is 1.50. The Hall–Kier alpha value is -2.34. The van der Waals surface area contributed by atoms with E-state index in [9.17, 15) is 4.79 Å². The summed E-state index contributed by atoms with van der Waals surface area (Å²) in [5.74, 6) is 2.52. The Morgan fingerprint density at radius 3 is 3.07 bits per heavy atom. The van der Waals surface area contributed by atoms with Crippen molar-refractivity contribution in [3.05, 3.63) is 42.5 Å². The summed E-state index contributed by atoms with van der Waals surface area (Å²) in [5.41, 5.74) is 0.597. The van der Waals surface area contributed by atoms with E-state index in [0.717, 1.165) is 56.2 Å². The summed E-state index contributed by atoms with van der Waals surface area (Å²) in [6.07, 6.45) is 6.98. The molecule has 3 aliphatic rings. The number of carbonyl (C=O) groups is 1. The maximum atomic E-state index is 13.7. The van der Waals surface area contributed by atoms with E-state index in [1.165, 1.54) is 0 Å². The van der Waals surface area contributed by atoms with Gasteiger partial charge in [0, 0.05) is 49.7 Å².